The number of fused-ring (bicyclic) bond motifs is 1. The standard InChI is InChI=1S/C21H18O4/c22-20-13-18(14-6-2-1-3-7-14)17-11-10-16(12-19(17)25-20)24-21(23)15-8-4-5-9-15/h1-3,6-7,10-13,15H,4-5,8-9H2. The molecule has 0 aliphatic heterocycles. The van der Waals surface area contributed by atoms with Gasteiger partial charge in [-0.1, -0.05) is 43.2 Å². The molecule has 0 amide bonds. The fraction of sp³-hybridized carbons (Fsp3) is 0.238. The summed E-state index contributed by atoms with van der Waals surface area (Å²) in [6.07, 6.45) is 3.93. The molecule has 0 spiro atoms. The number of hydrogen-bond donors (Lipinski definition) is 0. The highest BCUT2D eigenvalue weighted by Crippen LogP contribution is 2.31. The third kappa shape index (κ3) is 3.20. The molecule has 0 unspecified atom stereocenters. The molecule has 126 valence electrons. The maximum absolute atomic E-state index is 12.2. The summed E-state index contributed by atoms with van der Waals surface area (Å²) >= 11 is 0. The second-order valence-electron chi connectivity index (χ2n) is 6.41. The topological polar surface area (TPSA) is 56.5 Å². The molecule has 0 atom stereocenters. The van der Waals surface area contributed by atoms with E-state index < -0.39 is 5.63 Å². The molecule has 0 N–H and O–H groups in total. The fourth-order valence-electron chi connectivity index (χ4n) is 3.42. The number of rotatable bonds is 3. The Labute approximate surface area is 145 Å². The zero-order valence-corrected chi connectivity index (χ0v) is 13.7. The highest BCUT2D eigenvalue weighted by molar-refractivity contribution is 5.94. The zero-order chi connectivity index (χ0) is 17.2. The normalized spacial score (nSPS) is 14.7. The van der Waals surface area contributed by atoms with Crippen LogP contribution in [-0.2, 0) is 4.79 Å². The Morgan fingerprint density at radius 3 is 2.52 bits per heavy atom. The van der Waals surface area contributed by atoms with Gasteiger partial charge in [-0.25, -0.2) is 4.79 Å². The monoisotopic (exact) mass is 334 g/mol. The summed E-state index contributed by atoms with van der Waals surface area (Å²) < 4.78 is 10.8. The van der Waals surface area contributed by atoms with Crippen molar-refractivity contribution >= 4 is 16.9 Å². The molecule has 4 heteroatoms. The maximum Gasteiger partial charge on any atom is 0.336 e. The van der Waals surface area contributed by atoms with Crippen LogP contribution in [-0.4, -0.2) is 5.97 Å². The lowest BCUT2D eigenvalue weighted by Crippen LogP contribution is -2.17. The first-order valence-corrected chi connectivity index (χ1v) is 8.56. The van der Waals surface area contributed by atoms with Crippen LogP contribution >= 0.6 is 0 Å². The van der Waals surface area contributed by atoms with Crippen LogP contribution in [0.5, 0.6) is 5.75 Å². The summed E-state index contributed by atoms with van der Waals surface area (Å²) in [5, 5.41) is 0.812. The molecule has 0 radical (unpaired) electrons. The SMILES string of the molecule is O=C(Oc1ccc2c(-c3ccccc3)cc(=O)oc2c1)C1CCCC1. The second kappa shape index (κ2) is 6.55. The summed E-state index contributed by atoms with van der Waals surface area (Å²) in [6.45, 7) is 0. The van der Waals surface area contributed by atoms with Gasteiger partial charge < -0.3 is 9.15 Å². The van der Waals surface area contributed by atoms with Gasteiger partial charge in [0.05, 0.1) is 5.92 Å². The van der Waals surface area contributed by atoms with Crippen molar-refractivity contribution in [1.82, 2.24) is 0 Å². The lowest BCUT2D eigenvalue weighted by Gasteiger charge is -2.10. The van der Waals surface area contributed by atoms with Crippen LogP contribution in [0.15, 0.2) is 63.8 Å². The van der Waals surface area contributed by atoms with Gasteiger partial charge in [0.1, 0.15) is 11.3 Å². The molecule has 2 aromatic carbocycles. The van der Waals surface area contributed by atoms with E-state index >= 15 is 0 Å². The molecule has 1 fully saturated rings. The van der Waals surface area contributed by atoms with E-state index in [-0.39, 0.29) is 11.9 Å². The van der Waals surface area contributed by atoms with E-state index in [0.717, 1.165) is 42.2 Å². The number of benzene rings is 2. The summed E-state index contributed by atoms with van der Waals surface area (Å²) in [4.78, 5) is 24.1. The highest BCUT2D eigenvalue weighted by atomic mass is 16.5. The minimum atomic E-state index is -0.425. The van der Waals surface area contributed by atoms with E-state index in [4.69, 9.17) is 9.15 Å². The van der Waals surface area contributed by atoms with E-state index in [2.05, 4.69) is 0 Å². The van der Waals surface area contributed by atoms with Crippen molar-refractivity contribution in [2.24, 2.45) is 5.92 Å². The van der Waals surface area contributed by atoms with Crippen LogP contribution < -0.4 is 10.4 Å². The van der Waals surface area contributed by atoms with Crippen molar-refractivity contribution in [3.8, 4) is 16.9 Å². The summed E-state index contributed by atoms with van der Waals surface area (Å²) in [5.74, 6) is 0.203. The van der Waals surface area contributed by atoms with Gasteiger partial charge in [-0.05, 0) is 36.1 Å². The molecule has 1 heterocycles. The molecule has 1 aliphatic rings. The number of ether oxygens (including phenoxy) is 1. The summed E-state index contributed by atoms with van der Waals surface area (Å²) in [5.41, 5.74) is 1.74. The van der Waals surface area contributed by atoms with Crippen molar-refractivity contribution in [1.29, 1.82) is 0 Å². The first-order chi connectivity index (χ1) is 12.2. The lowest BCUT2D eigenvalue weighted by atomic mass is 10.0. The van der Waals surface area contributed by atoms with E-state index in [9.17, 15) is 9.59 Å². The van der Waals surface area contributed by atoms with Gasteiger partial charge in [-0.3, -0.25) is 4.79 Å². The number of carbonyl (C=O) groups is 1. The van der Waals surface area contributed by atoms with Gasteiger partial charge in [-0.15, -0.1) is 0 Å². The average molecular weight is 334 g/mol. The Morgan fingerprint density at radius 2 is 1.76 bits per heavy atom. The average Bonchev–Trinajstić information content (AvgIpc) is 3.16. The third-order valence-electron chi connectivity index (χ3n) is 4.71. The van der Waals surface area contributed by atoms with Gasteiger partial charge in [-0.2, -0.15) is 0 Å². The molecule has 0 saturated heterocycles. The van der Waals surface area contributed by atoms with Crippen LogP contribution in [0.1, 0.15) is 25.7 Å². The summed E-state index contributed by atoms with van der Waals surface area (Å²) in [6, 6.07) is 16.4. The number of esters is 1. The van der Waals surface area contributed by atoms with Crippen molar-refractivity contribution in [3.05, 3.63) is 65.0 Å². The predicted octanol–water partition coefficient (Wildman–Crippen LogP) is 4.56. The largest absolute Gasteiger partial charge is 0.426 e. The van der Waals surface area contributed by atoms with E-state index in [1.807, 2.05) is 36.4 Å². The lowest BCUT2D eigenvalue weighted by molar-refractivity contribution is -0.138. The molecule has 25 heavy (non-hydrogen) atoms. The second-order valence-corrected chi connectivity index (χ2v) is 6.41. The van der Waals surface area contributed by atoms with Crippen LogP contribution in [0.4, 0.5) is 0 Å². The number of hydrogen-bond acceptors (Lipinski definition) is 4. The van der Waals surface area contributed by atoms with Gasteiger partial charge in [0.2, 0.25) is 0 Å². The van der Waals surface area contributed by atoms with Crippen molar-refractivity contribution in [2.45, 2.75) is 25.7 Å². The van der Waals surface area contributed by atoms with Crippen LogP contribution in [0.2, 0.25) is 0 Å². The molecule has 1 aliphatic carbocycles. The quantitative estimate of drug-likeness (QED) is 0.400. The van der Waals surface area contributed by atoms with E-state index in [1.54, 1.807) is 12.1 Å². The Morgan fingerprint density at radius 1 is 1.00 bits per heavy atom. The van der Waals surface area contributed by atoms with Crippen molar-refractivity contribution in [2.75, 3.05) is 0 Å². The zero-order valence-electron chi connectivity index (χ0n) is 13.7. The highest BCUT2D eigenvalue weighted by Gasteiger charge is 2.24. The van der Waals surface area contributed by atoms with Crippen molar-refractivity contribution < 1.29 is 13.9 Å². The minimum absolute atomic E-state index is 0.0154. The Kier molecular flexibility index (Phi) is 4.10. The first-order valence-electron chi connectivity index (χ1n) is 8.56. The van der Waals surface area contributed by atoms with Gasteiger partial charge in [0.25, 0.3) is 0 Å². The van der Waals surface area contributed by atoms with Crippen LogP contribution in [0, 0.1) is 5.92 Å². The third-order valence-corrected chi connectivity index (χ3v) is 4.71. The predicted molar refractivity (Wildman–Crippen MR) is 95.5 cm³/mol. The molecular weight excluding hydrogens is 316 g/mol. The first kappa shape index (κ1) is 15.6. The van der Waals surface area contributed by atoms with Gasteiger partial charge >= 0.3 is 11.6 Å². The maximum atomic E-state index is 12.2. The van der Waals surface area contributed by atoms with Gasteiger partial charge in [0.15, 0.2) is 0 Å². The van der Waals surface area contributed by atoms with E-state index in [0.29, 0.717) is 11.3 Å². The molecule has 0 bridgehead atoms. The molecular formula is C21H18O4. The van der Waals surface area contributed by atoms with Crippen LogP contribution in [0.3, 0.4) is 0 Å². The van der Waals surface area contributed by atoms with E-state index in [1.165, 1.54) is 6.07 Å². The minimum Gasteiger partial charge on any atom is -0.426 e. The van der Waals surface area contributed by atoms with Gasteiger partial charge in [0, 0.05) is 17.5 Å². The van der Waals surface area contributed by atoms with Crippen LogP contribution in [0.25, 0.3) is 22.1 Å². The fourth-order valence-corrected chi connectivity index (χ4v) is 3.42. The summed E-state index contributed by atoms with van der Waals surface area (Å²) in [7, 11) is 0. The molecule has 4 rings (SSSR count). The Bertz CT molecular complexity index is 966. The Hall–Kier alpha value is -2.88. The molecule has 3 aromatic rings. The van der Waals surface area contributed by atoms with Crippen molar-refractivity contribution in [3.63, 3.8) is 0 Å². The molecule has 4 nitrogen and oxygen atoms in total. The molecule has 1 saturated carbocycles. The molecule has 1 aromatic heterocycles. The number of carbonyl (C=O) groups excluding carboxylic acids is 1. The Balaban J connectivity index is 1.71. The smallest absolute Gasteiger partial charge is 0.336 e.